The molecule has 0 unspecified atom stereocenters. The van der Waals surface area contributed by atoms with E-state index in [9.17, 15) is 13.2 Å². The first-order valence-electron chi connectivity index (χ1n) is 6.67. The molecule has 9 heteroatoms. The molecule has 0 saturated carbocycles. The van der Waals surface area contributed by atoms with Crippen LogP contribution in [0.3, 0.4) is 0 Å². The van der Waals surface area contributed by atoms with Crippen molar-refractivity contribution >= 4 is 28.3 Å². The fourth-order valence-corrected chi connectivity index (χ4v) is 2.65. The van der Waals surface area contributed by atoms with Gasteiger partial charge in [0.05, 0.1) is 19.4 Å². The summed E-state index contributed by atoms with van der Waals surface area (Å²) in [4.78, 5) is 11.8. The van der Waals surface area contributed by atoms with Crippen LogP contribution in [0.1, 0.15) is 12.8 Å². The number of halogens is 1. The Morgan fingerprint density at radius 2 is 1.95 bits per heavy atom. The molecule has 0 spiro atoms. The van der Waals surface area contributed by atoms with Crippen LogP contribution in [0.15, 0.2) is 0 Å². The Kier molecular flexibility index (Phi) is 8.72. The summed E-state index contributed by atoms with van der Waals surface area (Å²) in [5, 5.41) is 6.11. The van der Waals surface area contributed by atoms with Crippen LogP contribution in [0.2, 0.25) is 0 Å². The van der Waals surface area contributed by atoms with E-state index in [4.69, 9.17) is 4.74 Å². The molecule has 0 radical (unpaired) electrons. The van der Waals surface area contributed by atoms with Crippen LogP contribution in [-0.2, 0) is 19.6 Å². The van der Waals surface area contributed by atoms with Crippen LogP contribution in [0.25, 0.3) is 0 Å². The number of ether oxygens (including phenoxy) is 1. The highest BCUT2D eigenvalue weighted by Gasteiger charge is 2.32. The summed E-state index contributed by atoms with van der Waals surface area (Å²) >= 11 is 0. The Bertz CT molecular complexity index is 419. The highest BCUT2D eigenvalue weighted by Crippen LogP contribution is 2.28. The van der Waals surface area contributed by atoms with E-state index in [1.165, 1.54) is 7.05 Å². The summed E-state index contributed by atoms with van der Waals surface area (Å²) < 4.78 is 28.8. The zero-order valence-corrected chi connectivity index (χ0v) is 14.5. The standard InChI is InChI=1S/C12H25N3O4S.ClH/c1-15(20(3,17)18)8-11(16)14-9-12(10-19-2)4-6-13-7-5-12;/h13H,4-10H2,1-3H3,(H,14,16);1H. The molecule has 1 fully saturated rings. The van der Waals surface area contributed by atoms with Gasteiger partial charge in [-0.05, 0) is 25.9 Å². The molecule has 1 aliphatic heterocycles. The van der Waals surface area contributed by atoms with Gasteiger partial charge in [0.25, 0.3) is 0 Å². The lowest BCUT2D eigenvalue weighted by molar-refractivity contribution is -0.122. The van der Waals surface area contributed by atoms with Crippen molar-refractivity contribution in [3.8, 4) is 0 Å². The maximum absolute atomic E-state index is 11.8. The van der Waals surface area contributed by atoms with E-state index in [2.05, 4.69) is 10.6 Å². The summed E-state index contributed by atoms with van der Waals surface area (Å²) in [5.74, 6) is -0.285. The van der Waals surface area contributed by atoms with Crippen LogP contribution in [0.4, 0.5) is 0 Å². The van der Waals surface area contributed by atoms with Gasteiger partial charge in [-0.25, -0.2) is 8.42 Å². The molecule has 1 aliphatic rings. The number of carbonyl (C=O) groups excluding carboxylic acids is 1. The number of carbonyl (C=O) groups is 1. The Morgan fingerprint density at radius 3 is 2.43 bits per heavy atom. The molecule has 7 nitrogen and oxygen atoms in total. The molecule has 0 aromatic heterocycles. The molecule has 0 aromatic carbocycles. The molecule has 1 amide bonds. The van der Waals surface area contributed by atoms with Crippen LogP contribution in [0.5, 0.6) is 0 Å². The summed E-state index contributed by atoms with van der Waals surface area (Å²) in [7, 11) is -0.280. The fourth-order valence-electron chi connectivity index (χ4n) is 2.30. The lowest BCUT2D eigenvalue weighted by atomic mass is 9.79. The van der Waals surface area contributed by atoms with Crippen LogP contribution in [0, 0.1) is 5.41 Å². The van der Waals surface area contributed by atoms with Gasteiger partial charge in [-0.3, -0.25) is 4.79 Å². The molecule has 0 aliphatic carbocycles. The number of methoxy groups -OCH3 is 1. The van der Waals surface area contributed by atoms with Gasteiger partial charge in [0, 0.05) is 26.1 Å². The molecule has 0 atom stereocenters. The van der Waals surface area contributed by atoms with Gasteiger partial charge in [0.1, 0.15) is 0 Å². The largest absolute Gasteiger partial charge is 0.384 e. The highest BCUT2D eigenvalue weighted by molar-refractivity contribution is 7.88. The Hall–Kier alpha value is -0.410. The zero-order valence-electron chi connectivity index (χ0n) is 12.8. The molecule has 1 heterocycles. The van der Waals surface area contributed by atoms with Gasteiger partial charge < -0.3 is 15.4 Å². The first-order chi connectivity index (χ1) is 9.29. The van der Waals surface area contributed by atoms with E-state index in [1.54, 1.807) is 7.11 Å². The third-order valence-corrected chi connectivity index (χ3v) is 4.97. The average molecular weight is 344 g/mol. The Labute approximate surface area is 133 Å². The van der Waals surface area contributed by atoms with E-state index < -0.39 is 10.0 Å². The molecule has 126 valence electrons. The molecule has 2 N–H and O–H groups in total. The minimum absolute atomic E-state index is 0. The number of likely N-dealkylation sites (N-methyl/N-ethyl adjacent to an activating group) is 1. The third kappa shape index (κ3) is 6.92. The number of rotatable bonds is 7. The third-order valence-electron chi connectivity index (χ3n) is 3.71. The first-order valence-corrected chi connectivity index (χ1v) is 8.52. The van der Waals surface area contributed by atoms with Crippen LogP contribution < -0.4 is 10.6 Å². The van der Waals surface area contributed by atoms with Crippen molar-refractivity contribution in [1.82, 2.24) is 14.9 Å². The van der Waals surface area contributed by atoms with Crippen molar-refractivity contribution in [3.63, 3.8) is 0 Å². The molecular formula is C12H26ClN3O4S. The number of piperidine rings is 1. The normalized spacial score (nSPS) is 18.1. The Balaban J connectivity index is 0.00000400. The van der Waals surface area contributed by atoms with E-state index in [0.717, 1.165) is 36.5 Å². The smallest absolute Gasteiger partial charge is 0.235 e. The molecule has 1 saturated heterocycles. The van der Waals surface area contributed by atoms with Crippen molar-refractivity contribution < 1.29 is 17.9 Å². The van der Waals surface area contributed by atoms with Crippen molar-refractivity contribution in [3.05, 3.63) is 0 Å². The second kappa shape index (κ2) is 8.89. The fraction of sp³-hybridized carbons (Fsp3) is 0.917. The average Bonchev–Trinajstić information content (AvgIpc) is 2.37. The number of sulfonamides is 1. The quantitative estimate of drug-likeness (QED) is 0.646. The lowest BCUT2D eigenvalue weighted by Gasteiger charge is -2.37. The van der Waals surface area contributed by atoms with Crippen molar-refractivity contribution in [2.45, 2.75) is 12.8 Å². The van der Waals surface area contributed by atoms with Gasteiger partial charge >= 0.3 is 0 Å². The van der Waals surface area contributed by atoms with Crippen LogP contribution >= 0.6 is 12.4 Å². The second-order valence-corrected chi connectivity index (χ2v) is 7.57. The molecular weight excluding hydrogens is 318 g/mol. The topological polar surface area (TPSA) is 87.7 Å². The molecule has 1 rings (SSSR count). The Morgan fingerprint density at radius 1 is 1.38 bits per heavy atom. The maximum Gasteiger partial charge on any atom is 0.235 e. The van der Waals surface area contributed by atoms with Gasteiger partial charge in [-0.1, -0.05) is 0 Å². The van der Waals surface area contributed by atoms with Crippen molar-refractivity contribution in [2.75, 3.05) is 53.2 Å². The first kappa shape index (κ1) is 20.6. The molecule has 21 heavy (non-hydrogen) atoms. The van der Waals surface area contributed by atoms with Gasteiger partial charge in [-0.15, -0.1) is 12.4 Å². The van der Waals surface area contributed by atoms with E-state index >= 15 is 0 Å². The molecule has 0 aromatic rings. The number of hydrogen-bond acceptors (Lipinski definition) is 5. The van der Waals surface area contributed by atoms with Gasteiger partial charge in [0.15, 0.2) is 0 Å². The summed E-state index contributed by atoms with van der Waals surface area (Å²) in [5.41, 5.74) is -0.0562. The van der Waals surface area contributed by atoms with E-state index in [1.807, 2.05) is 0 Å². The molecule has 0 bridgehead atoms. The number of hydrogen-bond donors (Lipinski definition) is 2. The SMILES string of the molecule is COCC1(CNC(=O)CN(C)S(C)(=O)=O)CCNCC1.Cl. The summed E-state index contributed by atoms with van der Waals surface area (Å²) in [6.45, 7) is 2.76. The summed E-state index contributed by atoms with van der Waals surface area (Å²) in [6.07, 6.45) is 2.95. The highest BCUT2D eigenvalue weighted by atomic mass is 35.5. The number of amides is 1. The second-order valence-electron chi connectivity index (χ2n) is 5.48. The van der Waals surface area contributed by atoms with Crippen molar-refractivity contribution in [1.29, 1.82) is 0 Å². The predicted octanol–water partition coefficient (Wildman–Crippen LogP) is -0.568. The van der Waals surface area contributed by atoms with E-state index in [-0.39, 0.29) is 30.3 Å². The monoisotopic (exact) mass is 343 g/mol. The summed E-state index contributed by atoms with van der Waals surface area (Å²) in [6, 6.07) is 0. The lowest BCUT2D eigenvalue weighted by Crippen LogP contribution is -2.48. The number of nitrogens with one attached hydrogen (secondary N) is 2. The van der Waals surface area contributed by atoms with Crippen molar-refractivity contribution in [2.24, 2.45) is 5.41 Å². The van der Waals surface area contributed by atoms with Gasteiger partial charge in [-0.2, -0.15) is 4.31 Å². The minimum Gasteiger partial charge on any atom is -0.384 e. The predicted molar refractivity (Wildman–Crippen MR) is 84.1 cm³/mol. The zero-order chi connectivity index (χ0) is 15.2. The van der Waals surface area contributed by atoms with E-state index in [0.29, 0.717) is 13.2 Å². The minimum atomic E-state index is -3.33. The van der Waals surface area contributed by atoms with Gasteiger partial charge in [0.2, 0.25) is 15.9 Å². The van der Waals surface area contributed by atoms with Crippen LogP contribution in [-0.4, -0.2) is 71.8 Å². The maximum atomic E-state index is 11.8. The number of nitrogens with zero attached hydrogens (tertiary/aromatic N) is 1.